The van der Waals surface area contributed by atoms with Gasteiger partial charge in [-0.1, -0.05) is 12.1 Å². The minimum atomic E-state index is -4.50. The summed E-state index contributed by atoms with van der Waals surface area (Å²) in [7, 11) is -4.50. The second-order valence-corrected chi connectivity index (χ2v) is 5.35. The summed E-state index contributed by atoms with van der Waals surface area (Å²) in [5.41, 5.74) is 1.06. The van der Waals surface area contributed by atoms with Crippen molar-refractivity contribution in [3.63, 3.8) is 0 Å². The van der Waals surface area contributed by atoms with Crippen LogP contribution in [0.25, 0.3) is 0 Å². The molecule has 0 saturated heterocycles. The Hall–Kier alpha value is -1.27. The Morgan fingerprint density at radius 2 is 2.29 bits per heavy atom. The molecule has 1 aromatic heterocycles. The van der Waals surface area contributed by atoms with E-state index >= 15 is 0 Å². The third-order valence-electron chi connectivity index (χ3n) is 2.69. The number of pyridine rings is 1. The van der Waals surface area contributed by atoms with Crippen LogP contribution in [-0.2, 0) is 16.8 Å². The maximum atomic E-state index is 12.7. The summed E-state index contributed by atoms with van der Waals surface area (Å²) < 4.78 is 34.1. The van der Waals surface area contributed by atoms with Crippen LogP contribution in [0.3, 0.4) is 0 Å². The van der Waals surface area contributed by atoms with Gasteiger partial charge in [-0.2, -0.15) is 8.42 Å². The van der Waals surface area contributed by atoms with Crippen LogP contribution in [0.2, 0.25) is 0 Å². The fourth-order valence-corrected chi connectivity index (χ4v) is 2.42. The van der Waals surface area contributed by atoms with E-state index in [1.54, 1.807) is 12.4 Å². The summed E-state index contributed by atoms with van der Waals surface area (Å²) in [6.07, 6.45) is 5.15. The summed E-state index contributed by atoms with van der Waals surface area (Å²) >= 11 is 0. The van der Waals surface area contributed by atoms with Crippen LogP contribution >= 0.6 is 0 Å². The van der Waals surface area contributed by atoms with Gasteiger partial charge in [0.25, 0.3) is 0 Å². The Kier molecular flexibility index (Phi) is 3.54. The van der Waals surface area contributed by atoms with Crippen LogP contribution in [0.4, 0.5) is 3.89 Å². The van der Waals surface area contributed by atoms with Gasteiger partial charge in [0.2, 0.25) is 0 Å². The number of halogens is 1. The molecule has 2 heterocycles. The first-order valence-corrected chi connectivity index (χ1v) is 6.69. The second-order valence-electron chi connectivity index (χ2n) is 3.95. The lowest BCUT2D eigenvalue weighted by Crippen LogP contribution is -2.29. The highest BCUT2D eigenvalue weighted by Gasteiger charge is 2.21. The number of rotatable bonds is 3. The third kappa shape index (κ3) is 3.34. The van der Waals surface area contributed by atoms with Crippen molar-refractivity contribution in [3.8, 4) is 0 Å². The first kappa shape index (κ1) is 12.2. The lowest BCUT2D eigenvalue weighted by molar-refractivity contribution is 0.288. The molecule has 0 N–H and O–H groups in total. The second kappa shape index (κ2) is 4.93. The Morgan fingerprint density at radius 3 is 2.82 bits per heavy atom. The van der Waals surface area contributed by atoms with Gasteiger partial charge in [-0.05, 0) is 18.1 Å². The first-order valence-electron chi connectivity index (χ1n) is 5.30. The van der Waals surface area contributed by atoms with Crippen molar-refractivity contribution in [1.82, 2.24) is 9.88 Å². The molecule has 0 aromatic carbocycles. The third-order valence-corrected chi connectivity index (χ3v) is 3.69. The monoisotopic (exact) mass is 256 g/mol. The molecule has 0 radical (unpaired) electrons. The number of hydrogen-bond acceptors (Lipinski definition) is 4. The van der Waals surface area contributed by atoms with Crippen LogP contribution in [0.5, 0.6) is 0 Å². The minimum absolute atomic E-state index is 0.0973. The fourth-order valence-electron chi connectivity index (χ4n) is 1.81. The largest absolute Gasteiger partial charge is 0.327 e. The molecule has 1 aliphatic heterocycles. The van der Waals surface area contributed by atoms with E-state index in [2.05, 4.69) is 4.98 Å². The van der Waals surface area contributed by atoms with Crippen LogP contribution < -0.4 is 0 Å². The standard InChI is InChI=1S/C11H13FN2O2S/c12-17(15,16)11-3-6-14(7-4-11)9-10-2-1-5-13-8-10/h1-3,5,8H,4,6-7,9H2. The molecule has 0 bridgehead atoms. The summed E-state index contributed by atoms with van der Waals surface area (Å²) in [6, 6.07) is 3.81. The van der Waals surface area contributed by atoms with E-state index in [1.165, 1.54) is 6.08 Å². The lowest BCUT2D eigenvalue weighted by atomic mass is 10.2. The fraction of sp³-hybridized carbons (Fsp3) is 0.364. The topological polar surface area (TPSA) is 50.3 Å². The van der Waals surface area contributed by atoms with Crippen LogP contribution in [-0.4, -0.2) is 31.4 Å². The van der Waals surface area contributed by atoms with Gasteiger partial charge in [0, 0.05) is 32.0 Å². The Bertz CT molecular complexity index is 514. The molecular formula is C11H13FN2O2S. The van der Waals surface area contributed by atoms with E-state index in [1.807, 2.05) is 17.0 Å². The molecule has 0 atom stereocenters. The van der Waals surface area contributed by atoms with E-state index in [4.69, 9.17) is 0 Å². The molecule has 0 unspecified atom stereocenters. The highest BCUT2D eigenvalue weighted by atomic mass is 32.3. The maximum Gasteiger partial charge on any atom is 0.327 e. The Labute approximate surface area is 100.0 Å². The molecule has 1 aromatic rings. The van der Waals surface area contributed by atoms with Gasteiger partial charge < -0.3 is 0 Å². The zero-order chi connectivity index (χ0) is 12.3. The number of aromatic nitrogens is 1. The highest BCUT2D eigenvalue weighted by molar-refractivity contribution is 7.90. The molecule has 17 heavy (non-hydrogen) atoms. The first-order chi connectivity index (χ1) is 8.05. The molecule has 2 rings (SSSR count). The maximum absolute atomic E-state index is 12.7. The molecule has 92 valence electrons. The van der Waals surface area contributed by atoms with Crippen molar-refractivity contribution in [1.29, 1.82) is 0 Å². The summed E-state index contributed by atoms with van der Waals surface area (Å²) in [5, 5.41) is 0. The number of nitrogens with zero attached hydrogens (tertiary/aromatic N) is 2. The Balaban J connectivity index is 1.98. The van der Waals surface area contributed by atoms with E-state index in [9.17, 15) is 12.3 Å². The smallest absolute Gasteiger partial charge is 0.295 e. The van der Waals surface area contributed by atoms with Crippen molar-refractivity contribution in [2.45, 2.75) is 13.0 Å². The molecule has 4 nitrogen and oxygen atoms in total. The van der Waals surface area contributed by atoms with E-state index in [0.717, 1.165) is 5.56 Å². The SMILES string of the molecule is O=S(=O)(F)C1=CCN(Cc2cccnc2)CC1. The van der Waals surface area contributed by atoms with E-state index in [0.29, 0.717) is 19.6 Å². The van der Waals surface area contributed by atoms with Crippen molar-refractivity contribution in [2.75, 3.05) is 13.1 Å². The number of hydrogen-bond donors (Lipinski definition) is 0. The lowest BCUT2D eigenvalue weighted by Gasteiger charge is -2.24. The molecular weight excluding hydrogens is 243 g/mol. The van der Waals surface area contributed by atoms with Gasteiger partial charge in [0.15, 0.2) is 0 Å². The Morgan fingerprint density at radius 1 is 1.47 bits per heavy atom. The molecule has 0 saturated carbocycles. The zero-order valence-corrected chi connectivity index (χ0v) is 10.0. The van der Waals surface area contributed by atoms with Gasteiger partial charge in [0.05, 0.1) is 4.91 Å². The molecule has 0 spiro atoms. The molecule has 0 amide bonds. The van der Waals surface area contributed by atoms with Gasteiger partial charge in [0.1, 0.15) is 0 Å². The average molecular weight is 256 g/mol. The van der Waals surface area contributed by atoms with Gasteiger partial charge >= 0.3 is 10.2 Å². The van der Waals surface area contributed by atoms with Crippen LogP contribution in [0.15, 0.2) is 35.5 Å². The van der Waals surface area contributed by atoms with Crippen molar-refractivity contribution >= 4 is 10.2 Å². The van der Waals surface area contributed by atoms with Gasteiger partial charge in [-0.25, -0.2) is 0 Å². The quantitative estimate of drug-likeness (QED) is 0.768. The van der Waals surface area contributed by atoms with Gasteiger partial charge in [-0.3, -0.25) is 9.88 Å². The van der Waals surface area contributed by atoms with Crippen LogP contribution in [0.1, 0.15) is 12.0 Å². The van der Waals surface area contributed by atoms with E-state index < -0.39 is 10.2 Å². The molecule has 0 aliphatic carbocycles. The normalized spacial score (nSPS) is 17.8. The highest BCUT2D eigenvalue weighted by Crippen LogP contribution is 2.19. The minimum Gasteiger partial charge on any atom is -0.295 e. The summed E-state index contributed by atoms with van der Waals surface area (Å²) in [5.74, 6) is 0. The predicted octanol–water partition coefficient (Wildman–Crippen LogP) is 1.47. The average Bonchev–Trinajstić information content (AvgIpc) is 2.30. The van der Waals surface area contributed by atoms with Crippen molar-refractivity contribution in [3.05, 3.63) is 41.1 Å². The van der Waals surface area contributed by atoms with Crippen LogP contribution in [0, 0.1) is 0 Å². The molecule has 0 fully saturated rings. The molecule has 1 aliphatic rings. The predicted molar refractivity (Wildman–Crippen MR) is 62.2 cm³/mol. The summed E-state index contributed by atoms with van der Waals surface area (Å²) in [4.78, 5) is 5.96. The van der Waals surface area contributed by atoms with Crippen molar-refractivity contribution < 1.29 is 12.3 Å². The molecule has 6 heteroatoms. The summed E-state index contributed by atoms with van der Waals surface area (Å²) in [6.45, 7) is 1.70. The van der Waals surface area contributed by atoms with Gasteiger partial charge in [-0.15, -0.1) is 3.89 Å². The van der Waals surface area contributed by atoms with Crippen molar-refractivity contribution in [2.24, 2.45) is 0 Å². The van der Waals surface area contributed by atoms with E-state index in [-0.39, 0.29) is 11.3 Å². The zero-order valence-electron chi connectivity index (χ0n) is 9.21.